The lowest BCUT2D eigenvalue weighted by molar-refractivity contribution is -0.140. The molecule has 2 heterocycles. The molecule has 6 heteroatoms. The van der Waals surface area contributed by atoms with Crippen molar-refractivity contribution in [3.05, 3.63) is 28.7 Å². The van der Waals surface area contributed by atoms with E-state index in [9.17, 15) is 4.79 Å². The van der Waals surface area contributed by atoms with E-state index in [2.05, 4.69) is 32.8 Å². The van der Waals surface area contributed by atoms with Crippen molar-refractivity contribution in [1.82, 2.24) is 14.7 Å². The second kappa shape index (κ2) is 8.52. The molecule has 138 valence electrons. The molecule has 1 amide bonds. The van der Waals surface area contributed by atoms with Gasteiger partial charge in [0.1, 0.15) is 5.75 Å². The van der Waals surface area contributed by atoms with Crippen molar-refractivity contribution < 1.29 is 9.53 Å². The Morgan fingerprint density at radius 1 is 1.16 bits per heavy atom. The minimum absolute atomic E-state index is 0.0864. The molecule has 2 aliphatic heterocycles. The van der Waals surface area contributed by atoms with E-state index in [-0.39, 0.29) is 5.91 Å². The van der Waals surface area contributed by atoms with Gasteiger partial charge < -0.3 is 14.5 Å². The maximum atomic E-state index is 12.7. The standard InChI is InChI=1S/C19H28BrN3O2/c1-15(25-18-7-5-16(20)6-8-18)19(24)23-12-10-22(11-13-23)17-4-3-9-21(2)14-17/h5-8,15,17H,3-4,9-14H2,1-2H3. The van der Waals surface area contributed by atoms with Gasteiger partial charge in [-0.25, -0.2) is 0 Å². The number of piperidine rings is 1. The van der Waals surface area contributed by atoms with Crippen LogP contribution in [-0.2, 0) is 4.79 Å². The average molecular weight is 410 g/mol. The van der Waals surface area contributed by atoms with Gasteiger partial charge in [0.05, 0.1) is 0 Å². The van der Waals surface area contributed by atoms with Gasteiger partial charge in [-0.05, 0) is 57.6 Å². The van der Waals surface area contributed by atoms with E-state index in [4.69, 9.17) is 4.74 Å². The van der Waals surface area contributed by atoms with E-state index in [0.717, 1.165) is 42.9 Å². The van der Waals surface area contributed by atoms with Crippen LogP contribution in [0, 0.1) is 0 Å². The van der Waals surface area contributed by atoms with Crippen LogP contribution in [-0.4, -0.2) is 79.1 Å². The van der Waals surface area contributed by atoms with Crippen molar-refractivity contribution in [3.63, 3.8) is 0 Å². The Bertz CT molecular complexity index is 573. The van der Waals surface area contributed by atoms with Gasteiger partial charge in [0.2, 0.25) is 0 Å². The number of hydrogen-bond donors (Lipinski definition) is 0. The Morgan fingerprint density at radius 2 is 1.84 bits per heavy atom. The van der Waals surface area contributed by atoms with Gasteiger partial charge in [-0.1, -0.05) is 15.9 Å². The van der Waals surface area contributed by atoms with Crippen LogP contribution in [0.15, 0.2) is 28.7 Å². The number of halogens is 1. The largest absolute Gasteiger partial charge is 0.481 e. The normalized spacial score (nSPS) is 24.1. The van der Waals surface area contributed by atoms with Crippen LogP contribution < -0.4 is 4.74 Å². The molecule has 0 N–H and O–H groups in total. The quantitative estimate of drug-likeness (QED) is 0.764. The van der Waals surface area contributed by atoms with Crippen LogP contribution >= 0.6 is 15.9 Å². The molecule has 2 atom stereocenters. The van der Waals surface area contributed by atoms with E-state index >= 15 is 0 Å². The molecule has 1 aromatic carbocycles. The van der Waals surface area contributed by atoms with Crippen molar-refractivity contribution in [1.29, 1.82) is 0 Å². The van der Waals surface area contributed by atoms with Crippen molar-refractivity contribution in [2.24, 2.45) is 0 Å². The fraction of sp³-hybridized carbons (Fsp3) is 0.632. The first kappa shape index (κ1) is 18.7. The number of hydrogen-bond acceptors (Lipinski definition) is 4. The first-order valence-corrected chi connectivity index (χ1v) is 9.96. The first-order chi connectivity index (χ1) is 12.0. The smallest absolute Gasteiger partial charge is 0.263 e. The van der Waals surface area contributed by atoms with Crippen LogP contribution in [0.25, 0.3) is 0 Å². The number of ether oxygens (including phenoxy) is 1. The van der Waals surface area contributed by atoms with Crippen LogP contribution in [0.4, 0.5) is 0 Å². The SMILES string of the molecule is CC(Oc1ccc(Br)cc1)C(=O)N1CCN(C2CCCN(C)C2)CC1. The molecule has 2 fully saturated rings. The Kier molecular flexibility index (Phi) is 6.36. The molecular weight excluding hydrogens is 382 g/mol. The van der Waals surface area contributed by atoms with E-state index in [1.165, 1.54) is 19.4 Å². The second-order valence-corrected chi connectivity index (χ2v) is 8.05. The number of piperazine rings is 1. The lowest BCUT2D eigenvalue weighted by Crippen LogP contribution is -2.56. The summed E-state index contributed by atoms with van der Waals surface area (Å²) in [5.74, 6) is 0.816. The van der Waals surface area contributed by atoms with Crippen LogP contribution in [0.3, 0.4) is 0 Å². The third-order valence-electron chi connectivity index (χ3n) is 5.22. The van der Waals surface area contributed by atoms with Gasteiger partial charge in [-0.2, -0.15) is 0 Å². The number of carbonyl (C=O) groups is 1. The molecule has 0 radical (unpaired) electrons. The molecular formula is C19H28BrN3O2. The summed E-state index contributed by atoms with van der Waals surface area (Å²) in [6, 6.07) is 8.25. The summed E-state index contributed by atoms with van der Waals surface area (Å²) in [6.45, 7) is 7.73. The highest BCUT2D eigenvalue weighted by Gasteiger charge is 2.30. The van der Waals surface area contributed by atoms with E-state index in [1.807, 2.05) is 36.1 Å². The second-order valence-electron chi connectivity index (χ2n) is 7.13. The molecule has 3 rings (SSSR count). The molecule has 2 saturated heterocycles. The Balaban J connectivity index is 1.48. The lowest BCUT2D eigenvalue weighted by atomic mass is 10.0. The summed E-state index contributed by atoms with van der Waals surface area (Å²) in [4.78, 5) is 19.6. The number of nitrogens with zero attached hydrogens (tertiary/aromatic N) is 3. The number of likely N-dealkylation sites (N-methyl/N-ethyl adjacent to an activating group) is 1. The fourth-order valence-corrected chi connectivity index (χ4v) is 4.03. The maximum absolute atomic E-state index is 12.7. The predicted octanol–water partition coefficient (Wildman–Crippen LogP) is 2.45. The summed E-state index contributed by atoms with van der Waals surface area (Å²) < 4.78 is 6.81. The lowest BCUT2D eigenvalue weighted by Gasteiger charge is -2.43. The highest BCUT2D eigenvalue weighted by atomic mass is 79.9. The van der Waals surface area contributed by atoms with Crippen LogP contribution in [0.2, 0.25) is 0 Å². The van der Waals surface area contributed by atoms with Crippen molar-refractivity contribution in [3.8, 4) is 5.75 Å². The molecule has 0 spiro atoms. The number of carbonyl (C=O) groups excluding carboxylic acids is 1. The number of amides is 1. The van der Waals surface area contributed by atoms with E-state index in [1.54, 1.807) is 0 Å². The van der Waals surface area contributed by atoms with Gasteiger partial charge in [0.15, 0.2) is 6.10 Å². The highest BCUT2D eigenvalue weighted by molar-refractivity contribution is 9.10. The summed E-state index contributed by atoms with van der Waals surface area (Å²) in [7, 11) is 2.20. The summed E-state index contributed by atoms with van der Waals surface area (Å²) in [5, 5.41) is 0. The fourth-order valence-electron chi connectivity index (χ4n) is 3.77. The summed E-state index contributed by atoms with van der Waals surface area (Å²) >= 11 is 3.41. The summed E-state index contributed by atoms with van der Waals surface area (Å²) in [5.41, 5.74) is 0. The number of rotatable bonds is 4. The third kappa shape index (κ3) is 4.96. The Hall–Kier alpha value is -1.11. The molecule has 0 bridgehead atoms. The highest BCUT2D eigenvalue weighted by Crippen LogP contribution is 2.19. The minimum atomic E-state index is -0.450. The van der Waals surface area contributed by atoms with E-state index < -0.39 is 6.10 Å². The molecule has 0 saturated carbocycles. The van der Waals surface area contributed by atoms with Crippen molar-refractivity contribution >= 4 is 21.8 Å². The topological polar surface area (TPSA) is 36.0 Å². The van der Waals surface area contributed by atoms with E-state index in [0.29, 0.717) is 6.04 Å². The molecule has 0 aliphatic carbocycles. The molecule has 25 heavy (non-hydrogen) atoms. The number of benzene rings is 1. The molecule has 2 aliphatic rings. The van der Waals surface area contributed by atoms with Gasteiger partial charge in [0.25, 0.3) is 5.91 Å². The minimum Gasteiger partial charge on any atom is -0.481 e. The maximum Gasteiger partial charge on any atom is 0.263 e. The zero-order valence-electron chi connectivity index (χ0n) is 15.2. The Morgan fingerprint density at radius 3 is 2.48 bits per heavy atom. The van der Waals surface area contributed by atoms with Gasteiger partial charge >= 0.3 is 0 Å². The zero-order valence-corrected chi connectivity index (χ0v) is 16.7. The Labute approximate surface area is 159 Å². The summed E-state index contributed by atoms with van der Waals surface area (Å²) in [6.07, 6.45) is 2.10. The average Bonchev–Trinajstić information content (AvgIpc) is 2.63. The first-order valence-electron chi connectivity index (χ1n) is 9.16. The number of likely N-dealkylation sites (tertiary alicyclic amines) is 1. The molecule has 1 aromatic rings. The van der Waals surface area contributed by atoms with Gasteiger partial charge in [-0.15, -0.1) is 0 Å². The molecule has 5 nitrogen and oxygen atoms in total. The molecule has 0 aromatic heterocycles. The van der Waals surface area contributed by atoms with Gasteiger partial charge in [0, 0.05) is 43.2 Å². The van der Waals surface area contributed by atoms with Crippen LogP contribution in [0.5, 0.6) is 5.75 Å². The monoisotopic (exact) mass is 409 g/mol. The molecule has 2 unspecified atom stereocenters. The third-order valence-corrected chi connectivity index (χ3v) is 5.74. The van der Waals surface area contributed by atoms with Crippen LogP contribution in [0.1, 0.15) is 19.8 Å². The van der Waals surface area contributed by atoms with Crippen molar-refractivity contribution in [2.45, 2.75) is 31.9 Å². The zero-order chi connectivity index (χ0) is 17.8. The van der Waals surface area contributed by atoms with Gasteiger partial charge in [-0.3, -0.25) is 9.69 Å². The predicted molar refractivity (Wildman–Crippen MR) is 103 cm³/mol. The van der Waals surface area contributed by atoms with Crippen molar-refractivity contribution in [2.75, 3.05) is 46.3 Å².